The van der Waals surface area contributed by atoms with Crippen LogP contribution in [0.15, 0.2) is 18.2 Å². The van der Waals surface area contributed by atoms with E-state index in [-0.39, 0.29) is 5.82 Å². The number of benzene rings is 1. The maximum Gasteiger partial charge on any atom is 0.123 e. The molecule has 2 rings (SSSR count). The van der Waals surface area contributed by atoms with Gasteiger partial charge in [0.05, 0.1) is 6.61 Å². The lowest BCUT2D eigenvalue weighted by Crippen LogP contribution is -2.22. The van der Waals surface area contributed by atoms with Crippen molar-refractivity contribution >= 4 is 0 Å². The van der Waals surface area contributed by atoms with Gasteiger partial charge in [0, 0.05) is 25.3 Å². The van der Waals surface area contributed by atoms with Crippen LogP contribution in [0.3, 0.4) is 0 Å². The minimum absolute atomic E-state index is 0.213. The average Bonchev–Trinajstić information content (AvgIpc) is 2.47. The van der Waals surface area contributed by atoms with Crippen LogP contribution < -0.4 is 10.1 Å². The summed E-state index contributed by atoms with van der Waals surface area (Å²) in [6.07, 6.45) is 2.09. The van der Waals surface area contributed by atoms with E-state index in [2.05, 4.69) is 19.2 Å². The summed E-state index contributed by atoms with van der Waals surface area (Å²) in [7, 11) is 0. The van der Waals surface area contributed by atoms with E-state index in [1.807, 2.05) is 0 Å². The number of rotatable bonds is 7. The van der Waals surface area contributed by atoms with Crippen molar-refractivity contribution in [2.75, 3.05) is 26.4 Å². The van der Waals surface area contributed by atoms with Crippen molar-refractivity contribution in [2.45, 2.75) is 33.2 Å². The third kappa shape index (κ3) is 5.64. The predicted octanol–water partition coefficient (Wildman–Crippen LogP) is 3.38. The Morgan fingerprint density at radius 1 is 1.33 bits per heavy atom. The van der Waals surface area contributed by atoms with Gasteiger partial charge < -0.3 is 14.8 Å². The second-order valence-corrected chi connectivity index (χ2v) is 6.14. The smallest absolute Gasteiger partial charge is 0.123 e. The molecule has 1 N–H and O–H groups in total. The predicted molar refractivity (Wildman–Crippen MR) is 82.0 cm³/mol. The fraction of sp³-hybridized carbons (Fsp3) is 0.647. The molecule has 1 aromatic rings. The van der Waals surface area contributed by atoms with E-state index in [0.29, 0.717) is 25.0 Å². The SMILES string of the molecule is CC(C)CNCc1cc(F)ccc1OCC1CCOCC1. The van der Waals surface area contributed by atoms with E-state index in [0.717, 1.165) is 43.9 Å². The van der Waals surface area contributed by atoms with Crippen molar-refractivity contribution in [3.8, 4) is 5.75 Å². The normalized spacial score (nSPS) is 16.4. The third-order valence-corrected chi connectivity index (χ3v) is 3.71. The summed E-state index contributed by atoms with van der Waals surface area (Å²) in [4.78, 5) is 0. The molecule has 0 spiro atoms. The van der Waals surface area contributed by atoms with Crippen LogP contribution >= 0.6 is 0 Å². The Kier molecular flexibility index (Phi) is 6.46. The zero-order valence-corrected chi connectivity index (χ0v) is 13.0. The van der Waals surface area contributed by atoms with Gasteiger partial charge in [-0.1, -0.05) is 13.8 Å². The Bertz CT molecular complexity index is 431. The molecule has 1 fully saturated rings. The van der Waals surface area contributed by atoms with Crippen LogP contribution in [0.1, 0.15) is 32.3 Å². The minimum Gasteiger partial charge on any atom is -0.493 e. The molecule has 0 amide bonds. The van der Waals surface area contributed by atoms with Gasteiger partial charge in [-0.15, -0.1) is 0 Å². The molecule has 0 aromatic heterocycles. The third-order valence-electron chi connectivity index (χ3n) is 3.71. The molecule has 1 saturated heterocycles. The fourth-order valence-corrected chi connectivity index (χ4v) is 2.44. The quantitative estimate of drug-likeness (QED) is 0.836. The Labute approximate surface area is 126 Å². The topological polar surface area (TPSA) is 30.5 Å². The number of hydrogen-bond donors (Lipinski definition) is 1. The summed E-state index contributed by atoms with van der Waals surface area (Å²) >= 11 is 0. The molecule has 0 saturated carbocycles. The maximum atomic E-state index is 13.4. The molecule has 1 aliphatic rings. The number of ether oxygens (including phenoxy) is 2. The van der Waals surface area contributed by atoms with E-state index in [9.17, 15) is 4.39 Å². The highest BCUT2D eigenvalue weighted by atomic mass is 19.1. The van der Waals surface area contributed by atoms with Gasteiger partial charge in [-0.05, 0) is 49.4 Å². The number of hydrogen-bond acceptors (Lipinski definition) is 3. The van der Waals surface area contributed by atoms with Crippen molar-refractivity contribution in [2.24, 2.45) is 11.8 Å². The first kappa shape index (κ1) is 16.2. The molecular formula is C17H26FNO2. The molecule has 0 atom stereocenters. The van der Waals surface area contributed by atoms with Crippen molar-refractivity contribution in [3.63, 3.8) is 0 Å². The van der Waals surface area contributed by atoms with E-state index < -0.39 is 0 Å². The first-order valence-electron chi connectivity index (χ1n) is 7.85. The van der Waals surface area contributed by atoms with Gasteiger partial charge in [0.2, 0.25) is 0 Å². The van der Waals surface area contributed by atoms with Crippen LogP contribution in [0.5, 0.6) is 5.75 Å². The van der Waals surface area contributed by atoms with Crippen molar-refractivity contribution < 1.29 is 13.9 Å². The summed E-state index contributed by atoms with van der Waals surface area (Å²) in [6, 6.07) is 4.76. The van der Waals surface area contributed by atoms with Gasteiger partial charge in [-0.3, -0.25) is 0 Å². The molecule has 0 radical (unpaired) electrons. The standard InChI is InChI=1S/C17H26FNO2/c1-13(2)10-19-11-15-9-16(18)3-4-17(15)21-12-14-5-7-20-8-6-14/h3-4,9,13-14,19H,5-8,10-12H2,1-2H3. The van der Waals surface area contributed by atoms with Gasteiger partial charge in [0.25, 0.3) is 0 Å². The summed E-state index contributed by atoms with van der Waals surface area (Å²) in [5.74, 6) is 1.69. The maximum absolute atomic E-state index is 13.4. The van der Waals surface area contributed by atoms with Crippen molar-refractivity contribution in [1.82, 2.24) is 5.32 Å². The second-order valence-electron chi connectivity index (χ2n) is 6.14. The van der Waals surface area contributed by atoms with Crippen molar-refractivity contribution in [3.05, 3.63) is 29.6 Å². The van der Waals surface area contributed by atoms with E-state index >= 15 is 0 Å². The van der Waals surface area contributed by atoms with Gasteiger partial charge in [-0.25, -0.2) is 4.39 Å². The first-order valence-corrected chi connectivity index (χ1v) is 7.85. The molecule has 0 bridgehead atoms. The van der Waals surface area contributed by atoms with Crippen molar-refractivity contribution in [1.29, 1.82) is 0 Å². The molecule has 0 unspecified atom stereocenters. The Morgan fingerprint density at radius 3 is 2.81 bits per heavy atom. The molecule has 0 aliphatic carbocycles. The largest absolute Gasteiger partial charge is 0.493 e. The molecule has 1 heterocycles. The highest BCUT2D eigenvalue weighted by Gasteiger charge is 2.15. The summed E-state index contributed by atoms with van der Waals surface area (Å²) < 4.78 is 24.7. The van der Waals surface area contributed by atoms with Crippen LogP contribution in [0.2, 0.25) is 0 Å². The molecule has 1 aliphatic heterocycles. The van der Waals surface area contributed by atoms with Gasteiger partial charge >= 0.3 is 0 Å². The first-order chi connectivity index (χ1) is 10.1. The van der Waals surface area contributed by atoms with Crippen LogP contribution in [0, 0.1) is 17.7 Å². The fourth-order valence-electron chi connectivity index (χ4n) is 2.44. The highest BCUT2D eigenvalue weighted by molar-refractivity contribution is 5.34. The van der Waals surface area contributed by atoms with Crippen LogP contribution in [-0.2, 0) is 11.3 Å². The van der Waals surface area contributed by atoms with E-state index in [1.165, 1.54) is 6.07 Å². The van der Waals surface area contributed by atoms with E-state index in [1.54, 1.807) is 12.1 Å². The highest BCUT2D eigenvalue weighted by Crippen LogP contribution is 2.22. The van der Waals surface area contributed by atoms with Crippen LogP contribution in [-0.4, -0.2) is 26.4 Å². The molecule has 118 valence electrons. The van der Waals surface area contributed by atoms with Crippen LogP contribution in [0.4, 0.5) is 4.39 Å². The lowest BCUT2D eigenvalue weighted by atomic mass is 10.0. The Hall–Kier alpha value is -1.13. The summed E-state index contributed by atoms with van der Waals surface area (Å²) in [6.45, 7) is 8.18. The lowest BCUT2D eigenvalue weighted by molar-refractivity contribution is 0.0496. The number of nitrogens with one attached hydrogen (secondary N) is 1. The molecule has 3 nitrogen and oxygen atoms in total. The Balaban J connectivity index is 1.90. The van der Waals surface area contributed by atoms with Gasteiger partial charge in [0.15, 0.2) is 0 Å². The minimum atomic E-state index is -0.213. The lowest BCUT2D eigenvalue weighted by Gasteiger charge is -2.23. The van der Waals surface area contributed by atoms with Crippen LogP contribution in [0.25, 0.3) is 0 Å². The molecule has 21 heavy (non-hydrogen) atoms. The van der Waals surface area contributed by atoms with Gasteiger partial charge in [0.1, 0.15) is 11.6 Å². The summed E-state index contributed by atoms with van der Waals surface area (Å²) in [5, 5.41) is 3.34. The zero-order valence-electron chi connectivity index (χ0n) is 13.0. The number of halogens is 1. The zero-order chi connectivity index (χ0) is 15.1. The molecule has 1 aromatic carbocycles. The monoisotopic (exact) mass is 295 g/mol. The molecule has 4 heteroatoms. The second kappa shape index (κ2) is 8.35. The average molecular weight is 295 g/mol. The Morgan fingerprint density at radius 2 is 2.10 bits per heavy atom. The molecular weight excluding hydrogens is 269 g/mol. The van der Waals surface area contributed by atoms with E-state index in [4.69, 9.17) is 9.47 Å². The summed E-state index contributed by atoms with van der Waals surface area (Å²) in [5.41, 5.74) is 0.891. The van der Waals surface area contributed by atoms with Gasteiger partial charge in [-0.2, -0.15) is 0 Å².